The van der Waals surface area contributed by atoms with E-state index in [0.717, 1.165) is 31.3 Å². The molecule has 2 heterocycles. The Hall–Kier alpha value is -0.120. The van der Waals surface area contributed by atoms with Crippen LogP contribution in [-0.4, -0.2) is 48.8 Å². The van der Waals surface area contributed by atoms with E-state index in [-0.39, 0.29) is 0 Å². The predicted molar refractivity (Wildman–Crippen MR) is 85.2 cm³/mol. The fourth-order valence-corrected chi connectivity index (χ4v) is 4.01. The largest absolute Gasteiger partial charge is 0.379 e. The molecule has 2 atom stereocenters. The Labute approximate surface area is 125 Å². The zero-order valence-electron chi connectivity index (χ0n) is 13.7. The van der Waals surface area contributed by atoms with Crippen LogP contribution in [0.2, 0.25) is 0 Å². The molecule has 118 valence electrons. The molecule has 2 rings (SSSR count). The van der Waals surface area contributed by atoms with Crippen LogP contribution in [0.4, 0.5) is 0 Å². The second kappa shape index (κ2) is 8.35. The first-order chi connectivity index (χ1) is 9.70. The molecule has 2 bridgehead atoms. The number of ether oxygens (including phenoxy) is 1. The van der Waals surface area contributed by atoms with Gasteiger partial charge in [0.15, 0.2) is 0 Å². The van der Waals surface area contributed by atoms with Crippen molar-refractivity contribution in [2.45, 2.75) is 89.9 Å². The van der Waals surface area contributed by atoms with Gasteiger partial charge in [-0.25, -0.2) is 0 Å². The highest BCUT2D eigenvalue weighted by Crippen LogP contribution is 2.34. The molecule has 0 aromatic heterocycles. The molecule has 0 saturated carbocycles. The van der Waals surface area contributed by atoms with Gasteiger partial charge < -0.3 is 10.1 Å². The molecule has 3 heteroatoms. The van der Waals surface area contributed by atoms with Crippen LogP contribution in [0.1, 0.15) is 65.7 Å². The lowest BCUT2D eigenvalue weighted by Gasteiger charge is -2.49. The molecule has 2 saturated heterocycles. The van der Waals surface area contributed by atoms with E-state index in [0.29, 0.717) is 6.10 Å². The minimum Gasteiger partial charge on any atom is -0.379 e. The lowest BCUT2D eigenvalue weighted by molar-refractivity contribution is 0.0193. The van der Waals surface area contributed by atoms with Gasteiger partial charge in [-0.05, 0) is 65.5 Å². The summed E-state index contributed by atoms with van der Waals surface area (Å²) >= 11 is 0. The molecule has 0 amide bonds. The van der Waals surface area contributed by atoms with Crippen molar-refractivity contribution in [3.05, 3.63) is 0 Å². The van der Waals surface area contributed by atoms with Gasteiger partial charge in [-0.15, -0.1) is 0 Å². The Morgan fingerprint density at radius 2 is 1.85 bits per heavy atom. The number of nitrogens with zero attached hydrogens (tertiary/aromatic N) is 1. The van der Waals surface area contributed by atoms with Crippen molar-refractivity contribution in [1.29, 1.82) is 0 Å². The highest BCUT2D eigenvalue weighted by Gasteiger charge is 2.37. The number of rotatable bonds is 8. The van der Waals surface area contributed by atoms with Gasteiger partial charge in [-0.3, -0.25) is 4.90 Å². The third kappa shape index (κ3) is 4.71. The molecule has 0 aromatic rings. The number of hydrogen-bond donors (Lipinski definition) is 1. The fourth-order valence-electron chi connectivity index (χ4n) is 4.01. The maximum absolute atomic E-state index is 5.65. The fraction of sp³-hybridized carbons (Fsp3) is 1.00. The average Bonchev–Trinajstić information content (AvgIpc) is 2.38. The van der Waals surface area contributed by atoms with Crippen molar-refractivity contribution in [2.75, 3.05) is 19.7 Å². The van der Waals surface area contributed by atoms with Crippen LogP contribution in [0.3, 0.4) is 0 Å². The van der Waals surface area contributed by atoms with Gasteiger partial charge >= 0.3 is 0 Å². The van der Waals surface area contributed by atoms with E-state index in [1.54, 1.807) is 0 Å². The van der Waals surface area contributed by atoms with Crippen LogP contribution in [0.5, 0.6) is 0 Å². The molecule has 3 nitrogen and oxygen atoms in total. The summed E-state index contributed by atoms with van der Waals surface area (Å²) in [6.07, 6.45) is 9.91. The Balaban J connectivity index is 1.71. The molecular formula is C17H34N2O. The van der Waals surface area contributed by atoms with Crippen LogP contribution in [0, 0.1) is 0 Å². The van der Waals surface area contributed by atoms with Gasteiger partial charge in [0, 0.05) is 24.7 Å². The van der Waals surface area contributed by atoms with Crippen molar-refractivity contribution < 1.29 is 4.74 Å². The molecule has 0 aliphatic carbocycles. The normalized spacial score (nSPS) is 30.9. The van der Waals surface area contributed by atoms with Crippen LogP contribution >= 0.6 is 0 Å². The first-order valence-electron chi connectivity index (χ1n) is 8.81. The van der Waals surface area contributed by atoms with Gasteiger partial charge in [0.2, 0.25) is 0 Å². The smallest absolute Gasteiger partial charge is 0.0518 e. The van der Waals surface area contributed by atoms with Crippen molar-refractivity contribution in [3.63, 3.8) is 0 Å². The molecule has 0 aromatic carbocycles. The zero-order chi connectivity index (χ0) is 14.4. The molecule has 2 aliphatic heterocycles. The van der Waals surface area contributed by atoms with E-state index >= 15 is 0 Å². The Bertz CT molecular complexity index is 256. The van der Waals surface area contributed by atoms with Crippen LogP contribution in [0.25, 0.3) is 0 Å². The van der Waals surface area contributed by atoms with Gasteiger partial charge in [0.25, 0.3) is 0 Å². The average molecular weight is 282 g/mol. The lowest BCUT2D eigenvalue weighted by Crippen LogP contribution is -2.56. The monoisotopic (exact) mass is 282 g/mol. The second-order valence-electron chi connectivity index (χ2n) is 6.83. The lowest BCUT2D eigenvalue weighted by atomic mass is 9.81. The van der Waals surface area contributed by atoms with Gasteiger partial charge in [-0.2, -0.15) is 0 Å². The number of unbranched alkanes of at least 4 members (excludes halogenated alkanes) is 1. The molecular weight excluding hydrogens is 248 g/mol. The minimum absolute atomic E-state index is 0.380. The summed E-state index contributed by atoms with van der Waals surface area (Å²) in [6, 6.07) is 2.46. The first-order valence-corrected chi connectivity index (χ1v) is 8.81. The molecule has 2 fully saturated rings. The van der Waals surface area contributed by atoms with E-state index in [1.165, 1.54) is 51.5 Å². The standard InChI is InChI=1S/C17H34N2O/c1-4-18-15-12-16-8-7-9-17(13-15)19(16)10-5-6-11-20-14(2)3/h14-18H,4-13H2,1-3H3. The highest BCUT2D eigenvalue weighted by atomic mass is 16.5. The molecule has 20 heavy (non-hydrogen) atoms. The van der Waals surface area contributed by atoms with Crippen molar-refractivity contribution in [3.8, 4) is 0 Å². The summed E-state index contributed by atoms with van der Waals surface area (Å²) < 4.78 is 5.65. The zero-order valence-corrected chi connectivity index (χ0v) is 13.7. The molecule has 1 N–H and O–H groups in total. The minimum atomic E-state index is 0.380. The molecule has 0 spiro atoms. The topological polar surface area (TPSA) is 24.5 Å². The SMILES string of the molecule is CCNC1CC2CCCC(C1)N2CCCCOC(C)C. The summed E-state index contributed by atoms with van der Waals surface area (Å²) in [7, 11) is 0. The van der Waals surface area contributed by atoms with Crippen LogP contribution < -0.4 is 5.32 Å². The third-order valence-corrected chi connectivity index (χ3v) is 4.88. The number of fused-ring (bicyclic) bond motifs is 2. The molecule has 2 aliphatic rings. The predicted octanol–water partition coefficient (Wildman–Crippen LogP) is 3.19. The number of nitrogens with one attached hydrogen (secondary N) is 1. The van der Waals surface area contributed by atoms with Crippen molar-refractivity contribution in [1.82, 2.24) is 10.2 Å². The summed E-state index contributed by atoms with van der Waals surface area (Å²) in [5.41, 5.74) is 0. The van der Waals surface area contributed by atoms with Gasteiger partial charge in [0.05, 0.1) is 6.10 Å². The van der Waals surface area contributed by atoms with E-state index in [4.69, 9.17) is 4.74 Å². The Morgan fingerprint density at radius 1 is 1.15 bits per heavy atom. The molecule has 0 radical (unpaired) electrons. The second-order valence-corrected chi connectivity index (χ2v) is 6.83. The number of piperidine rings is 2. The van der Waals surface area contributed by atoms with Gasteiger partial charge in [-0.1, -0.05) is 13.3 Å². The first kappa shape index (κ1) is 16.3. The van der Waals surface area contributed by atoms with Crippen LogP contribution in [0.15, 0.2) is 0 Å². The van der Waals surface area contributed by atoms with Gasteiger partial charge in [0.1, 0.15) is 0 Å². The summed E-state index contributed by atoms with van der Waals surface area (Å²) in [5.74, 6) is 0. The maximum atomic E-state index is 5.65. The molecule has 2 unspecified atom stereocenters. The summed E-state index contributed by atoms with van der Waals surface area (Å²) in [6.45, 7) is 9.82. The van der Waals surface area contributed by atoms with Crippen molar-refractivity contribution in [2.24, 2.45) is 0 Å². The quantitative estimate of drug-likeness (QED) is 0.692. The maximum Gasteiger partial charge on any atom is 0.0518 e. The Morgan fingerprint density at radius 3 is 2.45 bits per heavy atom. The van der Waals surface area contributed by atoms with E-state index < -0.39 is 0 Å². The van der Waals surface area contributed by atoms with E-state index in [1.807, 2.05) is 0 Å². The summed E-state index contributed by atoms with van der Waals surface area (Å²) in [4.78, 5) is 2.83. The van der Waals surface area contributed by atoms with E-state index in [2.05, 4.69) is 31.0 Å². The Kier molecular flexibility index (Phi) is 6.79. The number of hydrogen-bond acceptors (Lipinski definition) is 3. The van der Waals surface area contributed by atoms with Crippen molar-refractivity contribution >= 4 is 0 Å². The third-order valence-electron chi connectivity index (χ3n) is 4.88. The van der Waals surface area contributed by atoms with E-state index in [9.17, 15) is 0 Å². The van der Waals surface area contributed by atoms with Crippen LogP contribution in [-0.2, 0) is 4.74 Å². The highest BCUT2D eigenvalue weighted by molar-refractivity contribution is 4.94. The summed E-state index contributed by atoms with van der Waals surface area (Å²) in [5, 5.41) is 3.68.